The number of hydrogen-bond acceptors (Lipinski definition) is 6. The fourth-order valence-electron chi connectivity index (χ4n) is 1.88. The van der Waals surface area contributed by atoms with Crippen LogP contribution in [0.5, 0.6) is 0 Å². The second-order valence-electron chi connectivity index (χ2n) is 5.14. The van der Waals surface area contributed by atoms with Gasteiger partial charge in [-0.25, -0.2) is 9.10 Å². The minimum Gasteiger partial charge on any atom is -0.465 e. The van der Waals surface area contributed by atoms with E-state index in [9.17, 15) is 14.9 Å². The molecule has 9 heteroatoms. The van der Waals surface area contributed by atoms with Gasteiger partial charge in [0.2, 0.25) is 0 Å². The first-order valence-electron chi connectivity index (χ1n) is 7.28. The fourth-order valence-corrected chi connectivity index (χ4v) is 3.57. The number of benzene rings is 2. The second-order valence-corrected chi connectivity index (χ2v) is 7.57. The molecule has 0 atom stereocenters. The Kier molecular flexibility index (Phi) is 6.91. The van der Waals surface area contributed by atoms with Crippen LogP contribution in [-0.2, 0) is 0 Å². The molecule has 0 unspecified atom stereocenters. The van der Waals surface area contributed by atoms with Gasteiger partial charge in [0.1, 0.15) is 5.69 Å². The lowest BCUT2D eigenvalue weighted by Gasteiger charge is -2.11. The molecule has 1 amide bonds. The lowest BCUT2D eigenvalue weighted by atomic mass is 10.1. The number of nitrogens with zero attached hydrogens (tertiary/aromatic N) is 2. The van der Waals surface area contributed by atoms with Crippen LogP contribution in [0.15, 0.2) is 47.4 Å². The zero-order chi connectivity index (χ0) is 19.1. The molecule has 0 spiro atoms. The number of carboxylic acid groups (broad SMARTS) is 1. The summed E-state index contributed by atoms with van der Waals surface area (Å²) in [5.74, 6) is 5.92. The predicted molar refractivity (Wildman–Crippen MR) is 104 cm³/mol. The van der Waals surface area contributed by atoms with E-state index in [4.69, 9.17) is 5.11 Å². The third-order valence-corrected chi connectivity index (χ3v) is 5.47. The lowest BCUT2D eigenvalue weighted by Crippen LogP contribution is -2.09. The molecule has 26 heavy (non-hydrogen) atoms. The molecule has 0 heterocycles. The van der Waals surface area contributed by atoms with Gasteiger partial charge in [0.15, 0.2) is 0 Å². The third kappa shape index (κ3) is 5.70. The third-order valence-electron chi connectivity index (χ3n) is 2.93. The Bertz CT molecular complexity index is 877. The number of anilines is 1. The number of nitro groups is 1. The smallest absolute Gasteiger partial charge is 0.409 e. The molecule has 2 aromatic rings. The highest BCUT2D eigenvalue weighted by Gasteiger charge is 2.20. The van der Waals surface area contributed by atoms with E-state index in [-0.39, 0.29) is 11.4 Å². The topological polar surface area (TPSA) is 95.7 Å². The number of amides is 1. The van der Waals surface area contributed by atoms with Gasteiger partial charge in [0.05, 0.1) is 4.92 Å². The van der Waals surface area contributed by atoms with E-state index in [1.54, 1.807) is 0 Å². The Morgan fingerprint density at radius 2 is 1.92 bits per heavy atom. The van der Waals surface area contributed by atoms with Crippen molar-refractivity contribution < 1.29 is 14.8 Å². The number of nitrogens with one attached hydrogen (secondary N) is 1. The number of nitro benzene ring substituents is 1. The highest BCUT2D eigenvalue weighted by molar-refractivity contribution is 8.75. The zero-order valence-corrected chi connectivity index (χ0v) is 15.6. The summed E-state index contributed by atoms with van der Waals surface area (Å²) < 4.78 is 1.85. The zero-order valence-electron chi connectivity index (χ0n) is 13.9. The highest BCUT2D eigenvalue weighted by atomic mass is 33.1. The van der Waals surface area contributed by atoms with Gasteiger partial charge in [-0.05, 0) is 54.1 Å². The van der Waals surface area contributed by atoms with E-state index >= 15 is 0 Å². The van der Waals surface area contributed by atoms with E-state index in [0.717, 1.165) is 5.56 Å². The molecule has 0 aliphatic heterocycles. The van der Waals surface area contributed by atoms with Crippen LogP contribution >= 0.6 is 21.8 Å². The average Bonchev–Trinajstić information content (AvgIpc) is 2.59. The molecule has 134 valence electrons. The van der Waals surface area contributed by atoms with Gasteiger partial charge in [-0.2, -0.15) is 0 Å². The van der Waals surface area contributed by atoms with Crippen molar-refractivity contribution in [3.8, 4) is 11.8 Å². The predicted octanol–water partition coefficient (Wildman–Crippen LogP) is 4.30. The number of rotatable bonds is 5. The highest BCUT2D eigenvalue weighted by Crippen LogP contribution is 2.39. The fraction of sp³-hybridized carbons (Fsp3) is 0.118. The van der Waals surface area contributed by atoms with E-state index in [1.165, 1.54) is 33.9 Å². The number of carbonyl (C=O) groups is 1. The molecule has 2 N–H and O–H groups in total. The van der Waals surface area contributed by atoms with Gasteiger partial charge in [0, 0.05) is 22.1 Å². The van der Waals surface area contributed by atoms with Crippen molar-refractivity contribution in [1.29, 1.82) is 0 Å². The summed E-state index contributed by atoms with van der Waals surface area (Å²) in [5, 5.41) is 22.3. The molecule has 0 aromatic heterocycles. The van der Waals surface area contributed by atoms with E-state index in [0.29, 0.717) is 10.5 Å². The van der Waals surface area contributed by atoms with Crippen LogP contribution < -0.4 is 5.32 Å². The van der Waals surface area contributed by atoms with Gasteiger partial charge in [-0.1, -0.05) is 30.0 Å². The standard InChI is InChI=1S/C17H15N3O4S2/c1-19(2)26-25-16-11-14(18-17(21)22)15(20(23)24)10-13(16)9-8-12-6-4-3-5-7-12/h3-7,10-11,18H,1-2H3,(H,21,22). The normalized spacial score (nSPS) is 10.1. The molecule has 2 aromatic carbocycles. The van der Waals surface area contributed by atoms with Gasteiger partial charge in [-0.3, -0.25) is 15.4 Å². The van der Waals surface area contributed by atoms with Crippen molar-refractivity contribution in [2.45, 2.75) is 4.90 Å². The minimum absolute atomic E-state index is 0.0883. The molecule has 0 saturated heterocycles. The quantitative estimate of drug-likeness (QED) is 0.259. The summed E-state index contributed by atoms with van der Waals surface area (Å²) >= 11 is 0. The van der Waals surface area contributed by atoms with Crippen molar-refractivity contribution in [1.82, 2.24) is 4.31 Å². The Morgan fingerprint density at radius 1 is 1.23 bits per heavy atom. The molecule has 7 nitrogen and oxygen atoms in total. The first-order chi connectivity index (χ1) is 12.4. The second kappa shape index (κ2) is 9.15. The van der Waals surface area contributed by atoms with Crippen LogP contribution in [-0.4, -0.2) is 34.5 Å². The maximum atomic E-state index is 11.3. The van der Waals surface area contributed by atoms with Crippen LogP contribution in [0.4, 0.5) is 16.2 Å². The van der Waals surface area contributed by atoms with Crippen LogP contribution in [0.1, 0.15) is 11.1 Å². The van der Waals surface area contributed by atoms with Crippen molar-refractivity contribution in [2.24, 2.45) is 0 Å². The molecular formula is C17H15N3O4S2. The summed E-state index contributed by atoms with van der Waals surface area (Å²) in [6, 6.07) is 12.0. The maximum Gasteiger partial charge on any atom is 0.409 e. The number of hydrogen-bond donors (Lipinski definition) is 2. The Morgan fingerprint density at radius 3 is 2.50 bits per heavy atom. The molecule has 0 aliphatic carbocycles. The van der Waals surface area contributed by atoms with Crippen LogP contribution in [0, 0.1) is 22.0 Å². The maximum absolute atomic E-state index is 11.3. The summed E-state index contributed by atoms with van der Waals surface area (Å²) in [5.41, 5.74) is 0.800. The van der Waals surface area contributed by atoms with Gasteiger partial charge in [-0.15, -0.1) is 0 Å². The summed E-state index contributed by atoms with van der Waals surface area (Å²) in [4.78, 5) is 22.2. The largest absolute Gasteiger partial charge is 0.465 e. The van der Waals surface area contributed by atoms with Crippen LogP contribution in [0.3, 0.4) is 0 Å². The van der Waals surface area contributed by atoms with Crippen molar-refractivity contribution in [2.75, 3.05) is 19.4 Å². The first kappa shape index (κ1) is 19.7. The Labute approximate surface area is 158 Å². The Hall–Kier alpha value is -2.67. The average molecular weight is 389 g/mol. The van der Waals surface area contributed by atoms with Gasteiger partial charge < -0.3 is 5.11 Å². The molecule has 2 rings (SSSR count). The molecular weight excluding hydrogens is 374 g/mol. The molecule has 0 fully saturated rings. The lowest BCUT2D eigenvalue weighted by molar-refractivity contribution is -0.384. The van der Waals surface area contributed by atoms with E-state index < -0.39 is 11.0 Å². The monoisotopic (exact) mass is 389 g/mol. The minimum atomic E-state index is -1.37. The van der Waals surface area contributed by atoms with E-state index in [1.807, 2.05) is 48.7 Å². The SMILES string of the molecule is CN(C)SSc1cc(NC(=O)O)c([N+](=O)[O-])cc1C#Cc1ccccc1. The van der Waals surface area contributed by atoms with Gasteiger partial charge >= 0.3 is 6.09 Å². The summed E-state index contributed by atoms with van der Waals surface area (Å²) in [6.45, 7) is 0. The van der Waals surface area contributed by atoms with Crippen molar-refractivity contribution in [3.05, 3.63) is 63.7 Å². The van der Waals surface area contributed by atoms with Crippen LogP contribution in [0.25, 0.3) is 0 Å². The molecule has 0 bridgehead atoms. The first-order valence-corrected chi connectivity index (χ1v) is 9.39. The molecule has 0 radical (unpaired) electrons. The van der Waals surface area contributed by atoms with Crippen LogP contribution in [0.2, 0.25) is 0 Å². The summed E-state index contributed by atoms with van der Waals surface area (Å²) in [7, 11) is 6.45. The Balaban J connectivity index is 2.52. The van der Waals surface area contributed by atoms with Crippen molar-refractivity contribution in [3.63, 3.8) is 0 Å². The van der Waals surface area contributed by atoms with E-state index in [2.05, 4.69) is 17.2 Å². The van der Waals surface area contributed by atoms with Gasteiger partial charge in [0.25, 0.3) is 5.69 Å². The molecule has 0 saturated carbocycles. The molecule has 0 aliphatic rings. The summed E-state index contributed by atoms with van der Waals surface area (Å²) in [6.07, 6.45) is -1.37. The van der Waals surface area contributed by atoms with Crippen molar-refractivity contribution >= 4 is 39.2 Å².